The van der Waals surface area contributed by atoms with Gasteiger partial charge in [-0.25, -0.2) is 0 Å². The summed E-state index contributed by atoms with van der Waals surface area (Å²) in [5, 5.41) is 0. The zero-order valence-corrected chi connectivity index (χ0v) is 5.03. The summed E-state index contributed by atoms with van der Waals surface area (Å²) < 4.78 is 1.53. The first kappa shape index (κ1) is 3.65. The van der Waals surface area contributed by atoms with E-state index < -0.39 is 0 Å². The van der Waals surface area contributed by atoms with Crippen LogP contribution in [-0.4, -0.2) is 0 Å². The molecule has 0 fully saturated rings. The number of hydrogen-bond acceptors (Lipinski definition) is 0. The summed E-state index contributed by atoms with van der Waals surface area (Å²) >= 11 is 2.35. The minimum atomic E-state index is 1.32. The Bertz CT molecular complexity index is 64.0. The second-order valence-corrected chi connectivity index (χ2v) is 2.58. The molecule has 0 aromatic carbocycles. The second kappa shape index (κ2) is 1.29. The van der Waals surface area contributed by atoms with Gasteiger partial charge in [-0.05, 0) is 39.0 Å². The smallest absolute Gasteiger partial charge is 0.0131 e. The minimum absolute atomic E-state index is 1.32. The molecular weight excluding hydrogens is 175 g/mol. The van der Waals surface area contributed by atoms with E-state index in [9.17, 15) is 0 Å². The average molecular weight is 180 g/mol. The number of rotatable bonds is 0. The molecule has 1 rings (SSSR count). The SMILES string of the molecule is IC1=CCC1. The van der Waals surface area contributed by atoms with E-state index in [1.54, 1.807) is 0 Å². The molecule has 0 nitrogen and oxygen atoms in total. The molecule has 0 atom stereocenters. The third-order valence-corrected chi connectivity index (χ3v) is 1.73. The Labute approximate surface area is 45.4 Å². The predicted molar refractivity (Wildman–Crippen MR) is 31.3 cm³/mol. The van der Waals surface area contributed by atoms with Crippen molar-refractivity contribution in [2.24, 2.45) is 0 Å². The van der Waals surface area contributed by atoms with Crippen molar-refractivity contribution < 1.29 is 0 Å². The molecule has 0 radical (unpaired) electrons. The summed E-state index contributed by atoms with van der Waals surface area (Å²) in [7, 11) is 0. The van der Waals surface area contributed by atoms with Crippen molar-refractivity contribution in [1.29, 1.82) is 0 Å². The van der Waals surface area contributed by atoms with Gasteiger partial charge in [0.2, 0.25) is 0 Å². The number of allylic oxidation sites excluding steroid dienone is 2. The largest absolute Gasteiger partial charge is 0.0749 e. The fourth-order valence-electron chi connectivity index (χ4n) is 0.253. The van der Waals surface area contributed by atoms with Crippen LogP contribution >= 0.6 is 22.6 Å². The van der Waals surface area contributed by atoms with Gasteiger partial charge in [-0.15, -0.1) is 0 Å². The van der Waals surface area contributed by atoms with Gasteiger partial charge in [0.1, 0.15) is 0 Å². The topological polar surface area (TPSA) is 0 Å². The molecule has 0 N–H and O–H groups in total. The van der Waals surface area contributed by atoms with Gasteiger partial charge in [-0.1, -0.05) is 6.08 Å². The Morgan fingerprint density at radius 2 is 2.20 bits per heavy atom. The van der Waals surface area contributed by atoms with Crippen LogP contribution in [0.3, 0.4) is 0 Å². The third-order valence-electron chi connectivity index (χ3n) is 0.749. The standard InChI is InChI=1S/C4H5I/c5-4-2-1-3-4/h2H,1,3H2. The maximum atomic E-state index is 2.35. The number of halogens is 1. The molecule has 0 heterocycles. The summed E-state index contributed by atoms with van der Waals surface area (Å²) in [5.74, 6) is 0. The maximum absolute atomic E-state index is 2.35. The van der Waals surface area contributed by atoms with Crippen LogP contribution < -0.4 is 0 Å². The lowest BCUT2D eigenvalue weighted by Crippen LogP contribution is -1.81. The van der Waals surface area contributed by atoms with Crippen LogP contribution in [-0.2, 0) is 0 Å². The van der Waals surface area contributed by atoms with Gasteiger partial charge in [-0.2, -0.15) is 0 Å². The summed E-state index contributed by atoms with van der Waals surface area (Å²) in [6, 6.07) is 0. The molecule has 0 saturated heterocycles. The van der Waals surface area contributed by atoms with E-state index in [0.717, 1.165) is 0 Å². The lowest BCUT2D eigenvalue weighted by atomic mass is 10.1. The maximum Gasteiger partial charge on any atom is -0.0131 e. The molecule has 0 saturated carbocycles. The molecule has 0 amide bonds. The molecule has 0 unspecified atom stereocenters. The highest BCUT2D eigenvalue weighted by Crippen LogP contribution is 2.23. The first-order valence-corrected chi connectivity index (χ1v) is 2.82. The molecule has 0 aliphatic heterocycles. The van der Waals surface area contributed by atoms with E-state index in [2.05, 4.69) is 28.7 Å². The van der Waals surface area contributed by atoms with Crippen molar-refractivity contribution >= 4 is 22.6 Å². The van der Waals surface area contributed by atoms with Crippen LogP contribution in [0.15, 0.2) is 9.66 Å². The summed E-state index contributed by atoms with van der Waals surface area (Å²) in [5.41, 5.74) is 0. The molecular formula is C4H5I. The molecule has 0 bridgehead atoms. The molecule has 1 aliphatic carbocycles. The van der Waals surface area contributed by atoms with Crippen molar-refractivity contribution in [2.75, 3.05) is 0 Å². The van der Waals surface area contributed by atoms with Crippen molar-refractivity contribution in [2.45, 2.75) is 12.8 Å². The Morgan fingerprint density at radius 3 is 2.20 bits per heavy atom. The first-order valence-electron chi connectivity index (χ1n) is 1.74. The molecule has 5 heavy (non-hydrogen) atoms. The fraction of sp³-hybridized carbons (Fsp3) is 0.500. The highest BCUT2D eigenvalue weighted by atomic mass is 127. The molecule has 0 spiro atoms. The highest BCUT2D eigenvalue weighted by molar-refractivity contribution is 14.1. The molecule has 0 aromatic rings. The van der Waals surface area contributed by atoms with Crippen LogP contribution in [0.1, 0.15) is 12.8 Å². The Morgan fingerprint density at radius 1 is 1.80 bits per heavy atom. The fourth-order valence-corrected chi connectivity index (χ4v) is 0.876. The van der Waals surface area contributed by atoms with Crippen LogP contribution in [0.25, 0.3) is 0 Å². The van der Waals surface area contributed by atoms with E-state index in [4.69, 9.17) is 0 Å². The third kappa shape index (κ3) is 0.651. The Kier molecular flexibility index (Phi) is 0.939. The van der Waals surface area contributed by atoms with Crippen molar-refractivity contribution in [3.8, 4) is 0 Å². The summed E-state index contributed by atoms with van der Waals surface area (Å²) in [4.78, 5) is 0. The zero-order chi connectivity index (χ0) is 3.70. The van der Waals surface area contributed by atoms with Crippen LogP contribution in [0.2, 0.25) is 0 Å². The van der Waals surface area contributed by atoms with Crippen LogP contribution in [0.4, 0.5) is 0 Å². The summed E-state index contributed by atoms with van der Waals surface area (Å²) in [6.45, 7) is 0. The first-order chi connectivity index (χ1) is 2.39. The average Bonchev–Trinajstić information content (AvgIpc) is 1.30. The molecule has 1 heteroatoms. The number of hydrogen-bond donors (Lipinski definition) is 0. The molecule has 1 aliphatic rings. The second-order valence-electron chi connectivity index (χ2n) is 1.19. The predicted octanol–water partition coefficient (Wildman–Crippen LogP) is 2.10. The van der Waals surface area contributed by atoms with E-state index in [0.29, 0.717) is 0 Å². The van der Waals surface area contributed by atoms with Crippen LogP contribution in [0.5, 0.6) is 0 Å². The van der Waals surface area contributed by atoms with E-state index >= 15 is 0 Å². The van der Waals surface area contributed by atoms with Gasteiger partial charge < -0.3 is 0 Å². The Balaban J connectivity index is 2.51. The van der Waals surface area contributed by atoms with E-state index in [1.165, 1.54) is 16.4 Å². The zero-order valence-electron chi connectivity index (χ0n) is 2.87. The Hall–Kier alpha value is 0.470. The quantitative estimate of drug-likeness (QED) is 0.500. The summed E-state index contributed by atoms with van der Waals surface area (Å²) in [6.07, 6.45) is 4.90. The van der Waals surface area contributed by atoms with Gasteiger partial charge >= 0.3 is 0 Å². The highest BCUT2D eigenvalue weighted by Gasteiger charge is 1.96. The van der Waals surface area contributed by atoms with Gasteiger partial charge in [0, 0.05) is 0 Å². The van der Waals surface area contributed by atoms with Crippen LogP contribution in [0, 0.1) is 0 Å². The lowest BCUT2D eigenvalue weighted by molar-refractivity contribution is 0.953. The monoisotopic (exact) mass is 180 g/mol. The van der Waals surface area contributed by atoms with Crippen molar-refractivity contribution in [3.63, 3.8) is 0 Å². The normalized spacial score (nSPS) is 20.6. The van der Waals surface area contributed by atoms with Gasteiger partial charge in [-0.3, -0.25) is 0 Å². The van der Waals surface area contributed by atoms with Crippen molar-refractivity contribution in [3.05, 3.63) is 9.66 Å². The molecule has 28 valence electrons. The van der Waals surface area contributed by atoms with Gasteiger partial charge in [0.15, 0.2) is 0 Å². The van der Waals surface area contributed by atoms with E-state index in [1.807, 2.05) is 0 Å². The van der Waals surface area contributed by atoms with Gasteiger partial charge in [0.05, 0.1) is 0 Å². The van der Waals surface area contributed by atoms with Crippen molar-refractivity contribution in [1.82, 2.24) is 0 Å². The minimum Gasteiger partial charge on any atom is -0.0749 e. The lowest BCUT2D eigenvalue weighted by Gasteiger charge is -2.02. The molecule has 0 aromatic heterocycles. The van der Waals surface area contributed by atoms with E-state index in [-0.39, 0.29) is 0 Å². The van der Waals surface area contributed by atoms with Gasteiger partial charge in [0.25, 0.3) is 0 Å².